The zero-order chi connectivity index (χ0) is 28.3. The lowest BCUT2D eigenvalue weighted by atomic mass is 9.47. The molecular weight excluding hydrogens is 514 g/mol. The number of aryl methyl sites for hydroxylation is 1. The van der Waals surface area contributed by atoms with Crippen molar-refractivity contribution in [2.24, 2.45) is 16.9 Å². The Bertz CT molecular complexity index is 1700. The molecule has 8 rings (SSSR count). The second kappa shape index (κ2) is 9.27. The molecule has 4 aliphatic rings. The molecule has 0 radical (unpaired) electrons. The van der Waals surface area contributed by atoms with E-state index in [1.807, 2.05) is 79.7 Å². The van der Waals surface area contributed by atoms with Crippen LogP contribution in [0.25, 0.3) is 0 Å². The van der Waals surface area contributed by atoms with E-state index in [1.165, 1.54) is 4.90 Å². The van der Waals surface area contributed by atoms with Crippen molar-refractivity contribution in [2.75, 3.05) is 12.0 Å². The molecule has 1 fully saturated rings. The molecule has 1 saturated heterocycles. The molecule has 4 aromatic carbocycles. The van der Waals surface area contributed by atoms with Crippen molar-refractivity contribution < 1.29 is 19.1 Å². The van der Waals surface area contributed by atoms with Gasteiger partial charge in [-0.2, -0.15) is 5.10 Å². The van der Waals surface area contributed by atoms with Crippen molar-refractivity contribution in [3.8, 4) is 5.75 Å². The normalized spacial score (nSPS) is 23.8. The van der Waals surface area contributed by atoms with Gasteiger partial charge in [0, 0.05) is 17.7 Å². The van der Waals surface area contributed by atoms with Crippen LogP contribution in [0.15, 0.2) is 102 Å². The van der Waals surface area contributed by atoms with E-state index in [2.05, 4.69) is 10.5 Å². The summed E-state index contributed by atoms with van der Waals surface area (Å²) in [4.78, 5) is 42.9. The summed E-state index contributed by atoms with van der Waals surface area (Å²) in [5.41, 5.74) is 7.51. The minimum Gasteiger partial charge on any atom is -0.497 e. The number of amides is 3. The number of carbonyl (C=O) groups excluding carboxylic acids is 3. The van der Waals surface area contributed by atoms with Crippen LogP contribution in [-0.2, 0) is 15.0 Å². The molecule has 1 heterocycles. The molecule has 202 valence electrons. The molecule has 1 N–H and O–H groups in total. The van der Waals surface area contributed by atoms with E-state index < -0.39 is 23.2 Å². The first-order chi connectivity index (χ1) is 20.0. The average Bonchev–Trinajstić information content (AvgIpc) is 3.28. The Labute approximate surface area is 237 Å². The smallest absolute Gasteiger partial charge is 0.271 e. The van der Waals surface area contributed by atoms with E-state index in [-0.39, 0.29) is 17.7 Å². The Balaban J connectivity index is 1.37. The van der Waals surface area contributed by atoms with E-state index in [9.17, 15) is 14.4 Å². The van der Waals surface area contributed by atoms with E-state index in [4.69, 9.17) is 4.74 Å². The maximum absolute atomic E-state index is 14.4. The third-order valence-corrected chi connectivity index (χ3v) is 8.76. The first-order valence-corrected chi connectivity index (χ1v) is 13.6. The monoisotopic (exact) mass is 541 g/mol. The summed E-state index contributed by atoms with van der Waals surface area (Å²) in [5.74, 6) is -1.79. The number of hydrazone groups is 1. The van der Waals surface area contributed by atoms with Crippen LogP contribution in [0.1, 0.15) is 44.1 Å². The summed E-state index contributed by atoms with van der Waals surface area (Å²) < 4.78 is 5.19. The molecule has 2 bridgehead atoms. The highest BCUT2D eigenvalue weighted by Gasteiger charge is 2.68. The summed E-state index contributed by atoms with van der Waals surface area (Å²) in [7, 11) is 1.57. The molecule has 0 aromatic heterocycles. The van der Waals surface area contributed by atoms with Gasteiger partial charge in [0.1, 0.15) is 5.75 Å². The Morgan fingerprint density at radius 2 is 1.46 bits per heavy atom. The van der Waals surface area contributed by atoms with Gasteiger partial charge >= 0.3 is 0 Å². The number of nitrogens with zero attached hydrogens (tertiary/aromatic N) is 2. The minimum atomic E-state index is -1.05. The van der Waals surface area contributed by atoms with Crippen LogP contribution in [0.5, 0.6) is 5.75 Å². The number of nitrogens with one attached hydrogen (secondary N) is 1. The molecule has 0 saturated carbocycles. The minimum absolute atomic E-state index is 0.210. The van der Waals surface area contributed by atoms with Gasteiger partial charge in [-0.1, -0.05) is 66.2 Å². The first-order valence-electron chi connectivity index (χ1n) is 13.6. The zero-order valence-corrected chi connectivity index (χ0v) is 22.6. The van der Waals surface area contributed by atoms with Crippen LogP contribution in [0.4, 0.5) is 5.69 Å². The van der Waals surface area contributed by atoms with Crippen molar-refractivity contribution in [1.82, 2.24) is 5.43 Å². The van der Waals surface area contributed by atoms with Crippen LogP contribution in [0.3, 0.4) is 0 Å². The van der Waals surface area contributed by atoms with Gasteiger partial charge in [-0.15, -0.1) is 0 Å². The van der Waals surface area contributed by atoms with Gasteiger partial charge in [-0.3, -0.25) is 14.4 Å². The molecule has 7 nitrogen and oxygen atoms in total. The summed E-state index contributed by atoms with van der Waals surface area (Å²) in [5, 5.41) is 4.47. The van der Waals surface area contributed by atoms with E-state index in [0.29, 0.717) is 17.0 Å². The van der Waals surface area contributed by atoms with Gasteiger partial charge in [0.15, 0.2) is 0 Å². The lowest BCUT2D eigenvalue weighted by Crippen LogP contribution is -2.54. The van der Waals surface area contributed by atoms with Crippen molar-refractivity contribution in [1.29, 1.82) is 0 Å². The Morgan fingerprint density at radius 1 is 0.854 bits per heavy atom. The van der Waals surface area contributed by atoms with E-state index in [0.717, 1.165) is 27.8 Å². The fourth-order valence-electron chi connectivity index (χ4n) is 7.00. The van der Waals surface area contributed by atoms with Gasteiger partial charge in [0.25, 0.3) is 5.91 Å². The second-order valence-corrected chi connectivity index (χ2v) is 10.8. The number of anilines is 1. The summed E-state index contributed by atoms with van der Waals surface area (Å²) in [6, 6.07) is 30.1. The first kappa shape index (κ1) is 25.0. The predicted octanol–water partition coefficient (Wildman–Crippen LogP) is 4.97. The van der Waals surface area contributed by atoms with Gasteiger partial charge in [-0.25, -0.2) is 10.3 Å². The molecule has 3 aliphatic carbocycles. The van der Waals surface area contributed by atoms with E-state index >= 15 is 0 Å². The molecule has 0 unspecified atom stereocenters. The molecule has 7 heteroatoms. The Hall–Kier alpha value is -5.04. The average molecular weight is 542 g/mol. The van der Waals surface area contributed by atoms with Crippen LogP contribution in [-0.4, -0.2) is 31.0 Å². The topological polar surface area (TPSA) is 88.1 Å². The second-order valence-electron chi connectivity index (χ2n) is 10.8. The molecule has 2 atom stereocenters. The Morgan fingerprint density at radius 3 is 2.07 bits per heavy atom. The molecule has 41 heavy (non-hydrogen) atoms. The van der Waals surface area contributed by atoms with Crippen molar-refractivity contribution in [2.45, 2.75) is 18.3 Å². The summed E-state index contributed by atoms with van der Waals surface area (Å²) >= 11 is 0. The SMILES string of the molecule is COc1ccc(C(=O)N/N=C/C23c4ccccc4C(c4ccccc42)[C@H]2C(=O)N(c4ccc(C)cc4)C(=O)[C@@H]23)cc1. The third-order valence-electron chi connectivity index (χ3n) is 8.76. The maximum Gasteiger partial charge on any atom is 0.271 e. The quantitative estimate of drug-likeness (QED) is 0.220. The number of hydrogen-bond donors (Lipinski definition) is 1. The van der Waals surface area contributed by atoms with Gasteiger partial charge in [0.2, 0.25) is 11.8 Å². The lowest BCUT2D eigenvalue weighted by Gasteiger charge is -2.52. The number of rotatable bonds is 5. The largest absolute Gasteiger partial charge is 0.497 e. The fourth-order valence-corrected chi connectivity index (χ4v) is 7.00. The van der Waals surface area contributed by atoms with Gasteiger partial charge in [-0.05, 0) is 65.6 Å². The zero-order valence-electron chi connectivity index (χ0n) is 22.6. The number of methoxy groups -OCH3 is 1. The summed E-state index contributed by atoms with van der Waals surface area (Å²) in [6.07, 6.45) is 1.67. The van der Waals surface area contributed by atoms with Crippen LogP contribution >= 0.6 is 0 Å². The van der Waals surface area contributed by atoms with Crippen molar-refractivity contribution >= 4 is 29.6 Å². The van der Waals surface area contributed by atoms with Crippen LogP contribution in [0.2, 0.25) is 0 Å². The summed E-state index contributed by atoms with van der Waals surface area (Å²) in [6.45, 7) is 1.97. The van der Waals surface area contributed by atoms with Crippen molar-refractivity contribution in [3.05, 3.63) is 130 Å². The Kier molecular flexibility index (Phi) is 5.64. The molecular formula is C34H27N3O4. The van der Waals surface area contributed by atoms with Gasteiger partial charge < -0.3 is 4.74 Å². The standard InChI is InChI=1S/C34H27N3O4/c1-20-11-15-22(16-12-20)37-32(39)29-28-24-7-3-5-9-26(24)34(30(29)33(37)40,27-10-6-4-8-25(27)28)19-35-36-31(38)21-13-17-23(41-2)18-14-21/h3-19,28-30H,1-2H3,(H,36,38)/b35-19+/t28?,29-,30-,34?/m1/s1. The number of benzene rings is 4. The number of carbonyl (C=O) groups is 3. The highest BCUT2D eigenvalue weighted by Crippen LogP contribution is 2.63. The molecule has 1 aliphatic heterocycles. The maximum atomic E-state index is 14.4. The van der Waals surface area contributed by atoms with Crippen LogP contribution in [0, 0.1) is 18.8 Å². The van der Waals surface area contributed by atoms with Gasteiger partial charge in [0.05, 0.1) is 30.0 Å². The number of imide groups is 1. The number of hydrogen-bond acceptors (Lipinski definition) is 5. The molecule has 0 spiro atoms. The molecule has 3 amide bonds. The predicted molar refractivity (Wildman–Crippen MR) is 155 cm³/mol. The van der Waals surface area contributed by atoms with Crippen LogP contribution < -0.4 is 15.1 Å². The number of ether oxygens (including phenoxy) is 1. The van der Waals surface area contributed by atoms with Crippen molar-refractivity contribution in [3.63, 3.8) is 0 Å². The highest BCUT2D eigenvalue weighted by atomic mass is 16.5. The lowest BCUT2D eigenvalue weighted by molar-refractivity contribution is -0.122. The highest BCUT2D eigenvalue weighted by molar-refractivity contribution is 6.25. The third kappa shape index (κ3) is 3.51. The van der Waals surface area contributed by atoms with E-state index in [1.54, 1.807) is 37.6 Å². The molecule has 4 aromatic rings. The fraction of sp³-hybridized carbons (Fsp3) is 0.176.